The van der Waals surface area contributed by atoms with Crippen molar-refractivity contribution in [3.8, 4) is 22.6 Å². The van der Waals surface area contributed by atoms with Gasteiger partial charge >= 0.3 is 0 Å². The number of thiophene rings is 1. The third-order valence-corrected chi connectivity index (χ3v) is 5.11. The molecule has 0 fully saturated rings. The van der Waals surface area contributed by atoms with Crippen molar-refractivity contribution in [3.63, 3.8) is 0 Å². The molecule has 4 heteroatoms. The zero-order valence-corrected chi connectivity index (χ0v) is 15.4. The normalized spacial score (nSPS) is 10.8. The van der Waals surface area contributed by atoms with E-state index in [9.17, 15) is 5.26 Å². The molecule has 0 spiro atoms. The zero-order chi connectivity index (χ0) is 18.5. The Bertz CT molecular complexity index is 1010. The van der Waals surface area contributed by atoms with Gasteiger partial charge in [0.1, 0.15) is 0 Å². The summed E-state index contributed by atoms with van der Waals surface area (Å²) in [6, 6.07) is 23.9. The number of benzene rings is 2. The first-order valence-electron chi connectivity index (χ1n) is 8.10. The molecule has 0 bridgehead atoms. The van der Waals surface area contributed by atoms with Gasteiger partial charge < -0.3 is 4.90 Å². The van der Waals surface area contributed by atoms with E-state index < -0.39 is 0 Å². The summed E-state index contributed by atoms with van der Waals surface area (Å²) >= 11 is 1.65. The lowest BCUT2D eigenvalue weighted by atomic mass is 10.0. The van der Waals surface area contributed by atoms with E-state index in [1.165, 1.54) is 4.88 Å². The Labute approximate surface area is 157 Å². The smallest absolute Gasteiger partial charge is 0.0998 e. The van der Waals surface area contributed by atoms with Crippen molar-refractivity contribution in [3.05, 3.63) is 76.7 Å². The molecule has 126 valence electrons. The average Bonchev–Trinajstić information content (AvgIpc) is 3.15. The minimum Gasteiger partial charge on any atom is -0.378 e. The molecule has 0 aliphatic heterocycles. The highest BCUT2D eigenvalue weighted by Crippen LogP contribution is 2.31. The lowest BCUT2D eigenvalue weighted by molar-refractivity contribution is 1.13. The molecule has 0 unspecified atom stereocenters. The van der Waals surface area contributed by atoms with Crippen LogP contribution < -0.4 is 4.90 Å². The zero-order valence-electron chi connectivity index (χ0n) is 14.6. The first-order chi connectivity index (χ1) is 12.6. The van der Waals surface area contributed by atoms with Crippen LogP contribution in [0, 0.1) is 22.7 Å². The van der Waals surface area contributed by atoms with Crippen molar-refractivity contribution in [1.82, 2.24) is 0 Å². The minimum atomic E-state index is 0.589. The van der Waals surface area contributed by atoms with Crippen molar-refractivity contribution in [2.75, 3.05) is 19.0 Å². The molecule has 1 aromatic heterocycles. The fourth-order valence-electron chi connectivity index (χ4n) is 2.56. The van der Waals surface area contributed by atoms with Gasteiger partial charge in [-0.05, 0) is 53.6 Å². The molecule has 3 aromatic rings. The highest BCUT2D eigenvalue weighted by Gasteiger charge is 2.06. The van der Waals surface area contributed by atoms with Gasteiger partial charge in [0.15, 0.2) is 0 Å². The van der Waals surface area contributed by atoms with Crippen molar-refractivity contribution < 1.29 is 0 Å². The van der Waals surface area contributed by atoms with Crippen LogP contribution >= 0.6 is 11.3 Å². The molecule has 0 amide bonds. The van der Waals surface area contributed by atoms with Gasteiger partial charge in [0.05, 0.1) is 23.3 Å². The van der Waals surface area contributed by atoms with Gasteiger partial charge in [0.25, 0.3) is 0 Å². The third-order valence-electron chi connectivity index (χ3n) is 4.03. The van der Waals surface area contributed by atoms with Crippen LogP contribution in [-0.2, 0) is 0 Å². The quantitative estimate of drug-likeness (QED) is 0.587. The van der Waals surface area contributed by atoms with Crippen molar-refractivity contribution >= 4 is 28.7 Å². The van der Waals surface area contributed by atoms with Crippen molar-refractivity contribution in [2.45, 2.75) is 0 Å². The lowest BCUT2D eigenvalue weighted by Gasteiger charge is -2.12. The summed E-state index contributed by atoms with van der Waals surface area (Å²) in [4.78, 5) is 4.26. The average molecular weight is 355 g/mol. The summed E-state index contributed by atoms with van der Waals surface area (Å²) < 4.78 is 0. The number of allylic oxidation sites excluding steroid dienone is 1. The van der Waals surface area contributed by atoms with Crippen LogP contribution in [0.25, 0.3) is 22.1 Å². The molecule has 26 heavy (non-hydrogen) atoms. The Kier molecular flexibility index (Phi) is 5.17. The van der Waals surface area contributed by atoms with Crippen LogP contribution in [0.4, 0.5) is 5.69 Å². The summed E-state index contributed by atoms with van der Waals surface area (Å²) in [6.07, 6.45) is 1.89. The third kappa shape index (κ3) is 3.83. The number of rotatable bonds is 4. The molecule has 3 nitrogen and oxygen atoms in total. The van der Waals surface area contributed by atoms with Crippen LogP contribution in [0.1, 0.15) is 16.0 Å². The Balaban J connectivity index is 1.87. The number of nitriles is 2. The molecule has 0 saturated carbocycles. The Morgan fingerprint density at radius 1 is 0.923 bits per heavy atom. The topological polar surface area (TPSA) is 50.8 Å². The van der Waals surface area contributed by atoms with E-state index in [4.69, 9.17) is 5.26 Å². The molecule has 1 heterocycles. The second-order valence-electron chi connectivity index (χ2n) is 6.00. The van der Waals surface area contributed by atoms with Gasteiger partial charge in [-0.25, -0.2) is 0 Å². The van der Waals surface area contributed by atoms with Gasteiger partial charge in [-0.2, -0.15) is 10.5 Å². The lowest BCUT2D eigenvalue weighted by Crippen LogP contribution is -2.07. The highest BCUT2D eigenvalue weighted by atomic mass is 32.1. The maximum absolute atomic E-state index is 9.49. The van der Waals surface area contributed by atoms with Gasteiger partial charge in [-0.15, -0.1) is 11.3 Å². The van der Waals surface area contributed by atoms with Crippen LogP contribution in [-0.4, -0.2) is 14.1 Å². The van der Waals surface area contributed by atoms with Crippen LogP contribution in [0.3, 0.4) is 0 Å². The van der Waals surface area contributed by atoms with Crippen LogP contribution in [0.5, 0.6) is 0 Å². The molecule has 0 aliphatic rings. The van der Waals surface area contributed by atoms with E-state index in [1.807, 2.05) is 38.4 Å². The van der Waals surface area contributed by atoms with E-state index >= 15 is 0 Å². The van der Waals surface area contributed by atoms with Gasteiger partial charge in [-0.3, -0.25) is 0 Å². The van der Waals surface area contributed by atoms with Gasteiger partial charge in [0.2, 0.25) is 0 Å². The molecule has 0 aliphatic carbocycles. The predicted molar refractivity (Wildman–Crippen MR) is 109 cm³/mol. The summed E-state index contributed by atoms with van der Waals surface area (Å²) in [7, 11) is 4.05. The van der Waals surface area contributed by atoms with E-state index in [2.05, 4.69) is 47.4 Å². The Morgan fingerprint density at radius 2 is 1.62 bits per heavy atom. The highest BCUT2D eigenvalue weighted by molar-refractivity contribution is 7.16. The molecule has 2 aromatic carbocycles. The molecule has 0 radical (unpaired) electrons. The first kappa shape index (κ1) is 17.5. The maximum atomic E-state index is 9.49. The summed E-state index contributed by atoms with van der Waals surface area (Å²) in [5, 5.41) is 18.4. The fourth-order valence-corrected chi connectivity index (χ4v) is 3.51. The standard InChI is InChI=1S/C22H17N3S/c1-25(2)20-9-7-18(8-10-20)22-12-11-21(26-22)13-19(15-24)17-5-3-16(14-23)4-6-17/h3-13H,1-2H3/b19-13+. The summed E-state index contributed by atoms with van der Waals surface area (Å²) in [5.41, 5.74) is 4.32. The van der Waals surface area contributed by atoms with E-state index in [0.717, 1.165) is 21.7 Å². The molecular weight excluding hydrogens is 338 g/mol. The minimum absolute atomic E-state index is 0.589. The van der Waals surface area contributed by atoms with E-state index in [1.54, 1.807) is 23.5 Å². The molecule has 3 rings (SSSR count). The fraction of sp³-hybridized carbons (Fsp3) is 0.0909. The maximum Gasteiger partial charge on any atom is 0.0998 e. The predicted octanol–water partition coefficient (Wildman–Crippen LogP) is 5.42. The Morgan fingerprint density at radius 3 is 2.19 bits per heavy atom. The second-order valence-corrected chi connectivity index (χ2v) is 7.12. The number of hydrogen-bond donors (Lipinski definition) is 0. The van der Waals surface area contributed by atoms with Crippen molar-refractivity contribution in [2.24, 2.45) is 0 Å². The number of nitrogens with zero attached hydrogens (tertiary/aromatic N) is 3. The molecule has 0 N–H and O–H groups in total. The monoisotopic (exact) mass is 355 g/mol. The van der Waals surface area contributed by atoms with Gasteiger partial charge in [0, 0.05) is 29.5 Å². The summed E-state index contributed by atoms with van der Waals surface area (Å²) in [6.45, 7) is 0. The molecule has 0 atom stereocenters. The van der Waals surface area contributed by atoms with Crippen LogP contribution in [0.15, 0.2) is 60.7 Å². The van der Waals surface area contributed by atoms with Crippen LogP contribution in [0.2, 0.25) is 0 Å². The SMILES string of the molecule is CN(C)c1ccc(-c2ccc(/C=C(\C#N)c3ccc(C#N)cc3)s2)cc1. The number of anilines is 1. The largest absolute Gasteiger partial charge is 0.378 e. The second kappa shape index (κ2) is 7.70. The molecule has 0 saturated heterocycles. The Hall–Kier alpha value is -3.34. The summed E-state index contributed by atoms with van der Waals surface area (Å²) in [5.74, 6) is 0. The number of hydrogen-bond acceptors (Lipinski definition) is 4. The van der Waals surface area contributed by atoms with E-state index in [0.29, 0.717) is 11.1 Å². The van der Waals surface area contributed by atoms with Gasteiger partial charge in [-0.1, -0.05) is 24.3 Å². The van der Waals surface area contributed by atoms with E-state index in [-0.39, 0.29) is 0 Å². The van der Waals surface area contributed by atoms with Crippen molar-refractivity contribution in [1.29, 1.82) is 10.5 Å². The molecular formula is C22H17N3S. The first-order valence-corrected chi connectivity index (χ1v) is 8.92.